The molecule has 6 heteroatoms. The molecule has 4 rings (SSSR count). The van der Waals surface area contributed by atoms with Gasteiger partial charge in [0.25, 0.3) is 5.91 Å². The van der Waals surface area contributed by atoms with Crippen LogP contribution in [-0.4, -0.2) is 20.7 Å². The fourth-order valence-corrected chi connectivity index (χ4v) is 3.25. The normalized spacial score (nSPS) is 16.0. The quantitative estimate of drug-likeness (QED) is 0.762. The molecule has 0 fully saturated rings. The highest BCUT2D eigenvalue weighted by atomic mass is 16.1. The van der Waals surface area contributed by atoms with E-state index in [2.05, 4.69) is 26.8 Å². The van der Waals surface area contributed by atoms with E-state index in [1.807, 2.05) is 62.4 Å². The first kappa shape index (κ1) is 16.1. The summed E-state index contributed by atoms with van der Waals surface area (Å²) in [5, 5.41) is 10.5. The zero-order valence-corrected chi connectivity index (χ0v) is 14.6. The average Bonchev–Trinajstić information content (AvgIpc) is 3.09. The molecule has 26 heavy (non-hydrogen) atoms. The van der Waals surface area contributed by atoms with Gasteiger partial charge in [0.05, 0.1) is 5.57 Å². The second-order valence-corrected chi connectivity index (χ2v) is 6.33. The number of aryl methyl sites for hydroxylation is 1. The Morgan fingerprint density at radius 3 is 2.69 bits per heavy atom. The molecule has 1 atom stereocenters. The topological polar surface area (TPSA) is 71.8 Å². The number of nitrogens with zero attached hydrogens (tertiary/aromatic N) is 3. The minimum Gasteiger partial charge on any atom is -0.328 e. The summed E-state index contributed by atoms with van der Waals surface area (Å²) in [6, 6.07) is 17.2. The minimum atomic E-state index is -0.336. The zero-order chi connectivity index (χ0) is 18.1. The number of hydrogen-bond donors (Lipinski definition) is 2. The van der Waals surface area contributed by atoms with E-state index in [9.17, 15) is 4.79 Å². The molecule has 0 bridgehead atoms. The van der Waals surface area contributed by atoms with Gasteiger partial charge in [-0.3, -0.25) is 4.79 Å². The summed E-state index contributed by atoms with van der Waals surface area (Å²) in [5.41, 5.74) is 4.27. The number of fused-ring (bicyclic) bond motifs is 1. The number of aromatic nitrogens is 3. The SMILES string of the molecule is CC1=C(C(=O)Nc2ccccc2)[C@@H](c2cccc(C)c2)n2ncnc2N1. The Morgan fingerprint density at radius 2 is 1.92 bits per heavy atom. The molecule has 1 aromatic heterocycles. The zero-order valence-electron chi connectivity index (χ0n) is 14.6. The van der Waals surface area contributed by atoms with Crippen LogP contribution < -0.4 is 10.6 Å². The van der Waals surface area contributed by atoms with Crippen molar-refractivity contribution >= 4 is 17.5 Å². The molecule has 3 aromatic rings. The van der Waals surface area contributed by atoms with Crippen LogP contribution in [0, 0.1) is 6.92 Å². The minimum absolute atomic E-state index is 0.158. The summed E-state index contributed by atoms with van der Waals surface area (Å²) in [7, 11) is 0. The van der Waals surface area contributed by atoms with Gasteiger partial charge >= 0.3 is 0 Å². The van der Waals surface area contributed by atoms with Crippen molar-refractivity contribution in [3.63, 3.8) is 0 Å². The summed E-state index contributed by atoms with van der Waals surface area (Å²) < 4.78 is 1.75. The second-order valence-electron chi connectivity index (χ2n) is 6.33. The number of allylic oxidation sites excluding steroid dienone is 1. The number of nitrogens with one attached hydrogen (secondary N) is 2. The lowest BCUT2D eigenvalue weighted by Gasteiger charge is -2.29. The molecule has 2 aromatic carbocycles. The van der Waals surface area contributed by atoms with Crippen molar-refractivity contribution < 1.29 is 4.79 Å². The first-order valence-corrected chi connectivity index (χ1v) is 8.44. The number of anilines is 2. The van der Waals surface area contributed by atoms with Gasteiger partial charge in [-0.25, -0.2) is 4.68 Å². The monoisotopic (exact) mass is 345 g/mol. The molecule has 1 aliphatic rings. The number of para-hydroxylation sites is 1. The molecular formula is C20H19N5O. The highest BCUT2D eigenvalue weighted by Crippen LogP contribution is 2.35. The molecule has 0 saturated carbocycles. The Balaban J connectivity index is 1.78. The van der Waals surface area contributed by atoms with E-state index >= 15 is 0 Å². The Labute approximate surface area is 151 Å². The fraction of sp³-hybridized carbons (Fsp3) is 0.150. The summed E-state index contributed by atoms with van der Waals surface area (Å²) in [6.07, 6.45) is 1.50. The lowest BCUT2D eigenvalue weighted by atomic mass is 9.94. The number of benzene rings is 2. The summed E-state index contributed by atoms with van der Waals surface area (Å²) >= 11 is 0. The van der Waals surface area contributed by atoms with Crippen molar-refractivity contribution in [2.75, 3.05) is 10.6 Å². The largest absolute Gasteiger partial charge is 0.328 e. The van der Waals surface area contributed by atoms with E-state index in [0.717, 1.165) is 22.5 Å². The van der Waals surface area contributed by atoms with Crippen molar-refractivity contribution in [1.29, 1.82) is 0 Å². The van der Waals surface area contributed by atoms with E-state index in [-0.39, 0.29) is 11.9 Å². The van der Waals surface area contributed by atoms with Crippen LogP contribution in [0.1, 0.15) is 24.1 Å². The lowest BCUT2D eigenvalue weighted by Crippen LogP contribution is -2.31. The Bertz CT molecular complexity index is 990. The van der Waals surface area contributed by atoms with Crippen molar-refractivity contribution in [1.82, 2.24) is 14.8 Å². The molecular weight excluding hydrogens is 326 g/mol. The number of hydrogen-bond acceptors (Lipinski definition) is 4. The molecule has 0 saturated heterocycles. The van der Waals surface area contributed by atoms with E-state index in [1.54, 1.807) is 4.68 Å². The molecule has 0 unspecified atom stereocenters. The highest BCUT2D eigenvalue weighted by molar-refractivity contribution is 6.06. The summed E-state index contributed by atoms with van der Waals surface area (Å²) in [5.74, 6) is 0.471. The maximum atomic E-state index is 13.1. The van der Waals surface area contributed by atoms with E-state index in [0.29, 0.717) is 11.5 Å². The van der Waals surface area contributed by atoms with Crippen LogP contribution >= 0.6 is 0 Å². The van der Waals surface area contributed by atoms with Crippen LogP contribution in [0.25, 0.3) is 0 Å². The predicted octanol–water partition coefficient (Wildman–Crippen LogP) is 3.51. The fourth-order valence-electron chi connectivity index (χ4n) is 3.25. The third kappa shape index (κ3) is 2.86. The number of carbonyl (C=O) groups excluding carboxylic acids is 1. The smallest absolute Gasteiger partial charge is 0.255 e. The summed E-state index contributed by atoms with van der Waals surface area (Å²) in [4.78, 5) is 17.4. The van der Waals surface area contributed by atoms with Gasteiger partial charge in [-0.15, -0.1) is 0 Å². The Kier molecular flexibility index (Phi) is 4.01. The molecule has 130 valence electrons. The van der Waals surface area contributed by atoms with E-state index in [1.165, 1.54) is 6.33 Å². The average molecular weight is 345 g/mol. The van der Waals surface area contributed by atoms with Gasteiger partial charge in [-0.1, -0.05) is 48.0 Å². The van der Waals surface area contributed by atoms with E-state index < -0.39 is 0 Å². The van der Waals surface area contributed by atoms with Gasteiger partial charge in [0.2, 0.25) is 5.95 Å². The molecule has 6 nitrogen and oxygen atoms in total. The van der Waals surface area contributed by atoms with Crippen LogP contribution in [0.4, 0.5) is 11.6 Å². The van der Waals surface area contributed by atoms with Gasteiger partial charge in [-0.05, 0) is 31.5 Å². The van der Waals surface area contributed by atoms with Crippen LogP contribution in [0.2, 0.25) is 0 Å². The Morgan fingerprint density at radius 1 is 1.12 bits per heavy atom. The van der Waals surface area contributed by atoms with Crippen molar-refractivity contribution in [2.24, 2.45) is 0 Å². The van der Waals surface area contributed by atoms with Crippen molar-refractivity contribution in [3.8, 4) is 0 Å². The standard InChI is InChI=1S/C20H19N5O/c1-13-7-6-8-15(11-13)18-17(14(2)23-20-21-12-22-25(18)20)19(26)24-16-9-4-3-5-10-16/h3-12,18H,1-2H3,(H,24,26)(H,21,22,23)/t18-/m1/s1. The van der Waals surface area contributed by atoms with Crippen LogP contribution in [0.15, 0.2) is 72.2 Å². The van der Waals surface area contributed by atoms with Crippen molar-refractivity contribution in [3.05, 3.63) is 83.3 Å². The molecule has 0 spiro atoms. The van der Waals surface area contributed by atoms with Gasteiger partial charge in [0.1, 0.15) is 12.4 Å². The highest BCUT2D eigenvalue weighted by Gasteiger charge is 2.33. The number of rotatable bonds is 3. The van der Waals surface area contributed by atoms with E-state index in [4.69, 9.17) is 0 Å². The maximum Gasteiger partial charge on any atom is 0.255 e. The molecule has 0 aliphatic carbocycles. The number of carbonyl (C=O) groups is 1. The third-order valence-electron chi connectivity index (χ3n) is 4.43. The van der Waals surface area contributed by atoms with Crippen LogP contribution in [0.5, 0.6) is 0 Å². The number of amides is 1. The second kappa shape index (κ2) is 6.48. The Hall–Kier alpha value is -3.41. The van der Waals surface area contributed by atoms with Gasteiger partial charge in [0.15, 0.2) is 0 Å². The lowest BCUT2D eigenvalue weighted by molar-refractivity contribution is -0.113. The molecule has 1 amide bonds. The van der Waals surface area contributed by atoms with Crippen LogP contribution in [-0.2, 0) is 4.79 Å². The summed E-state index contributed by atoms with van der Waals surface area (Å²) in [6.45, 7) is 3.92. The molecule has 2 heterocycles. The van der Waals surface area contributed by atoms with Crippen LogP contribution in [0.3, 0.4) is 0 Å². The molecule has 0 radical (unpaired) electrons. The van der Waals surface area contributed by atoms with Gasteiger partial charge in [-0.2, -0.15) is 10.1 Å². The van der Waals surface area contributed by atoms with Gasteiger partial charge in [0, 0.05) is 11.4 Å². The van der Waals surface area contributed by atoms with Crippen molar-refractivity contribution in [2.45, 2.75) is 19.9 Å². The van der Waals surface area contributed by atoms with Gasteiger partial charge < -0.3 is 10.6 Å². The molecule has 2 N–H and O–H groups in total. The first-order chi connectivity index (χ1) is 12.6. The third-order valence-corrected chi connectivity index (χ3v) is 4.43. The maximum absolute atomic E-state index is 13.1. The predicted molar refractivity (Wildman–Crippen MR) is 101 cm³/mol. The first-order valence-electron chi connectivity index (χ1n) is 8.44. The molecule has 1 aliphatic heterocycles.